The van der Waals surface area contributed by atoms with E-state index in [9.17, 15) is 9.82 Å². The van der Waals surface area contributed by atoms with Crippen molar-refractivity contribution in [3.63, 3.8) is 0 Å². The Labute approximate surface area is 134 Å². The summed E-state index contributed by atoms with van der Waals surface area (Å²) >= 11 is 0. The first-order valence-electron chi connectivity index (χ1n) is 7.08. The molecule has 0 spiro atoms. The molecular weight excluding hydrogens is 297 g/mol. The molecule has 0 fully saturated rings. The predicted molar refractivity (Wildman–Crippen MR) is 86.3 cm³/mol. The molecule has 0 radical (unpaired) electrons. The number of rotatable bonds is 4. The van der Waals surface area contributed by atoms with Gasteiger partial charge < -0.3 is 24.5 Å². The number of benzene rings is 2. The SMILES string of the molecule is COc1ccc(C(=O)Nc2ccc3c(c2)B(O)OC3)c(OC)c1. The van der Waals surface area contributed by atoms with Crippen molar-refractivity contribution in [3.8, 4) is 11.5 Å². The largest absolute Gasteiger partial charge is 0.497 e. The van der Waals surface area contributed by atoms with Gasteiger partial charge in [-0.15, -0.1) is 0 Å². The number of hydrogen-bond acceptors (Lipinski definition) is 5. The molecule has 1 amide bonds. The van der Waals surface area contributed by atoms with Crippen LogP contribution in [0.5, 0.6) is 11.5 Å². The van der Waals surface area contributed by atoms with E-state index in [1.165, 1.54) is 7.11 Å². The van der Waals surface area contributed by atoms with E-state index in [-0.39, 0.29) is 5.91 Å². The minimum atomic E-state index is -0.947. The highest BCUT2D eigenvalue weighted by molar-refractivity contribution is 6.61. The van der Waals surface area contributed by atoms with E-state index in [1.54, 1.807) is 37.4 Å². The molecule has 0 saturated carbocycles. The van der Waals surface area contributed by atoms with Gasteiger partial charge in [-0.05, 0) is 35.3 Å². The van der Waals surface area contributed by atoms with E-state index in [1.807, 2.05) is 6.07 Å². The lowest BCUT2D eigenvalue weighted by Gasteiger charge is -2.11. The average molecular weight is 313 g/mol. The molecule has 1 heterocycles. The molecule has 23 heavy (non-hydrogen) atoms. The summed E-state index contributed by atoms with van der Waals surface area (Å²) in [6.45, 7) is 0.372. The maximum Gasteiger partial charge on any atom is 0.491 e. The van der Waals surface area contributed by atoms with Crippen molar-refractivity contribution in [2.75, 3.05) is 19.5 Å². The number of hydrogen-bond donors (Lipinski definition) is 2. The van der Waals surface area contributed by atoms with Gasteiger partial charge in [-0.2, -0.15) is 0 Å². The van der Waals surface area contributed by atoms with Crippen molar-refractivity contribution in [1.29, 1.82) is 0 Å². The Kier molecular flexibility index (Phi) is 4.23. The third-order valence-electron chi connectivity index (χ3n) is 3.72. The molecule has 6 nitrogen and oxygen atoms in total. The van der Waals surface area contributed by atoms with Gasteiger partial charge in [0.25, 0.3) is 5.91 Å². The number of ether oxygens (including phenoxy) is 2. The number of amides is 1. The molecule has 2 aromatic carbocycles. The minimum absolute atomic E-state index is 0.308. The number of carbonyl (C=O) groups is 1. The van der Waals surface area contributed by atoms with Gasteiger partial charge in [0.05, 0.1) is 26.4 Å². The van der Waals surface area contributed by atoms with Crippen LogP contribution in [0.3, 0.4) is 0 Å². The van der Waals surface area contributed by atoms with Crippen LogP contribution in [-0.4, -0.2) is 32.3 Å². The van der Waals surface area contributed by atoms with Crippen LogP contribution in [-0.2, 0) is 11.3 Å². The molecule has 2 aromatic rings. The predicted octanol–water partition coefficient (Wildman–Crippen LogP) is 1.17. The lowest BCUT2D eigenvalue weighted by molar-refractivity contribution is 0.102. The second-order valence-corrected chi connectivity index (χ2v) is 5.10. The van der Waals surface area contributed by atoms with Crippen molar-refractivity contribution in [2.45, 2.75) is 6.61 Å². The molecule has 0 saturated heterocycles. The second-order valence-electron chi connectivity index (χ2n) is 5.10. The van der Waals surface area contributed by atoms with Crippen molar-refractivity contribution in [1.82, 2.24) is 0 Å². The van der Waals surface area contributed by atoms with Gasteiger partial charge in [0.15, 0.2) is 0 Å². The third kappa shape index (κ3) is 3.01. The van der Waals surface area contributed by atoms with Crippen LogP contribution >= 0.6 is 0 Å². The zero-order valence-corrected chi connectivity index (χ0v) is 12.8. The maximum absolute atomic E-state index is 12.4. The highest BCUT2D eigenvalue weighted by Gasteiger charge is 2.27. The van der Waals surface area contributed by atoms with Crippen molar-refractivity contribution >= 4 is 24.2 Å². The van der Waals surface area contributed by atoms with Crippen LogP contribution in [0.1, 0.15) is 15.9 Å². The summed E-state index contributed by atoms with van der Waals surface area (Å²) in [4.78, 5) is 12.4. The van der Waals surface area contributed by atoms with Gasteiger partial charge in [-0.25, -0.2) is 0 Å². The van der Waals surface area contributed by atoms with Gasteiger partial charge >= 0.3 is 7.12 Å². The lowest BCUT2D eigenvalue weighted by atomic mass is 9.79. The van der Waals surface area contributed by atoms with E-state index >= 15 is 0 Å². The summed E-state index contributed by atoms with van der Waals surface area (Å²) in [5.74, 6) is 0.723. The fourth-order valence-corrected chi connectivity index (χ4v) is 2.48. The molecule has 0 aliphatic carbocycles. The average Bonchev–Trinajstić information content (AvgIpc) is 2.95. The Bertz CT molecular complexity index is 749. The molecule has 1 aliphatic rings. The summed E-state index contributed by atoms with van der Waals surface area (Å²) in [6.07, 6.45) is 0. The van der Waals surface area contributed by atoms with Crippen molar-refractivity contribution in [2.24, 2.45) is 0 Å². The van der Waals surface area contributed by atoms with Gasteiger partial charge in [0.2, 0.25) is 0 Å². The van der Waals surface area contributed by atoms with Crippen LogP contribution < -0.4 is 20.3 Å². The Balaban J connectivity index is 1.84. The van der Waals surface area contributed by atoms with E-state index in [2.05, 4.69) is 5.32 Å². The first-order chi connectivity index (χ1) is 11.1. The molecule has 0 atom stereocenters. The number of carbonyl (C=O) groups excluding carboxylic acids is 1. The van der Waals surface area contributed by atoms with Gasteiger partial charge in [-0.3, -0.25) is 4.79 Å². The Morgan fingerprint density at radius 2 is 2.04 bits per heavy atom. The third-order valence-corrected chi connectivity index (χ3v) is 3.72. The van der Waals surface area contributed by atoms with Gasteiger partial charge in [0.1, 0.15) is 11.5 Å². The van der Waals surface area contributed by atoms with Crippen molar-refractivity contribution in [3.05, 3.63) is 47.5 Å². The molecule has 118 valence electrons. The summed E-state index contributed by atoms with van der Waals surface area (Å²) in [6, 6.07) is 10.3. The van der Waals surface area contributed by atoms with E-state index in [0.29, 0.717) is 34.8 Å². The highest BCUT2D eigenvalue weighted by Crippen LogP contribution is 2.25. The molecule has 0 aromatic heterocycles. The monoisotopic (exact) mass is 313 g/mol. The Morgan fingerprint density at radius 1 is 1.22 bits per heavy atom. The highest BCUT2D eigenvalue weighted by atomic mass is 16.5. The fraction of sp³-hybridized carbons (Fsp3) is 0.188. The van der Waals surface area contributed by atoms with Gasteiger partial charge in [-0.1, -0.05) is 6.07 Å². The summed E-state index contributed by atoms with van der Waals surface area (Å²) in [7, 11) is 2.10. The molecule has 3 rings (SSSR count). The van der Waals surface area contributed by atoms with E-state index in [0.717, 1.165) is 5.56 Å². The first kappa shape index (κ1) is 15.4. The molecular formula is C16H16BNO5. The maximum atomic E-state index is 12.4. The smallest absolute Gasteiger partial charge is 0.491 e. The normalized spacial score (nSPS) is 12.7. The quantitative estimate of drug-likeness (QED) is 0.829. The fourth-order valence-electron chi connectivity index (χ4n) is 2.48. The molecule has 2 N–H and O–H groups in total. The number of nitrogens with one attached hydrogen (secondary N) is 1. The van der Waals surface area contributed by atoms with Crippen molar-refractivity contribution < 1.29 is 23.9 Å². The van der Waals surface area contributed by atoms with Crippen LogP contribution in [0.25, 0.3) is 0 Å². The topological polar surface area (TPSA) is 77.0 Å². The molecule has 0 bridgehead atoms. The summed E-state index contributed by atoms with van der Waals surface area (Å²) in [5, 5.41) is 12.5. The van der Waals surface area contributed by atoms with Crippen LogP contribution in [0.15, 0.2) is 36.4 Å². The van der Waals surface area contributed by atoms with Crippen LogP contribution in [0, 0.1) is 0 Å². The van der Waals surface area contributed by atoms with E-state index in [4.69, 9.17) is 14.1 Å². The van der Waals surface area contributed by atoms with Gasteiger partial charge in [0, 0.05) is 11.8 Å². The van der Waals surface area contributed by atoms with Crippen LogP contribution in [0.2, 0.25) is 0 Å². The van der Waals surface area contributed by atoms with Crippen LogP contribution in [0.4, 0.5) is 5.69 Å². The lowest BCUT2D eigenvalue weighted by Crippen LogP contribution is -2.28. The number of fused-ring (bicyclic) bond motifs is 1. The summed E-state index contributed by atoms with van der Waals surface area (Å²) < 4.78 is 15.5. The number of anilines is 1. The zero-order chi connectivity index (χ0) is 16.4. The standard InChI is InChI=1S/C16H16BNO5/c1-21-12-5-6-13(15(8-12)22-2)16(19)18-11-4-3-10-9-23-17(20)14(10)7-11/h3-8,20H,9H2,1-2H3,(H,18,19). The van der Waals surface area contributed by atoms with E-state index < -0.39 is 7.12 Å². The molecule has 1 aliphatic heterocycles. The first-order valence-corrected chi connectivity index (χ1v) is 7.08. The second kappa shape index (κ2) is 6.32. The Morgan fingerprint density at radius 3 is 2.78 bits per heavy atom. The molecule has 0 unspecified atom stereocenters. The molecule has 7 heteroatoms. The minimum Gasteiger partial charge on any atom is -0.497 e. The zero-order valence-electron chi connectivity index (χ0n) is 12.8. The summed E-state index contributed by atoms with van der Waals surface area (Å²) in [5.41, 5.74) is 2.56. The number of methoxy groups -OCH3 is 2. The Hall–Kier alpha value is -2.51.